The maximum Gasteiger partial charge on any atom is 0.271 e. The van der Waals surface area contributed by atoms with Gasteiger partial charge < -0.3 is 15.5 Å². The molecular weight excluding hydrogens is 228 g/mol. The van der Waals surface area contributed by atoms with Crippen molar-refractivity contribution in [2.45, 2.75) is 20.0 Å². The number of nitrogens with one attached hydrogen (secondary N) is 1. The molecule has 0 saturated carbocycles. The molecule has 0 aliphatic carbocycles. The predicted octanol–water partition coefficient (Wildman–Crippen LogP) is 2.41. The highest BCUT2D eigenvalue weighted by Crippen LogP contribution is 2.22. The summed E-state index contributed by atoms with van der Waals surface area (Å²) in [4.78, 5) is 13.8. The Balaban J connectivity index is 2.28. The van der Waals surface area contributed by atoms with Crippen LogP contribution in [0.1, 0.15) is 13.8 Å². The van der Waals surface area contributed by atoms with Gasteiger partial charge in [-0.25, -0.2) is 0 Å². The Morgan fingerprint density at radius 3 is 2.39 bits per heavy atom. The SMILES string of the molecule is CC(C)Oc1ccc(-c2c[nH]c(=O)c(N)c2)cc1. The van der Waals surface area contributed by atoms with Gasteiger partial charge in [0.05, 0.1) is 11.8 Å². The second-order valence-corrected chi connectivity index (χ2v) is 4.36. The van der Waals surface area contributed by atoms with E-state index in [0.29, 0.717) is 0 Å². The van der Waals surface area contributed by atoms with Crippen molar-refractivity contribution in [3.8, 4) is 16.9 Å². The molecule has 2 aromatic rings. The molecule has 1 aromatic heterocycles. The molecule has 4 heteroatoms. The molecule has 2 rings (SSSR count). The number of hydrogen-bond acceptors (Lipinski definition) is 3. The molecule has 4 nitrogen and oxygen atoms in total. The lowest BCUT2D eigenvalue weighted by Crippen LogP contribution is -2.10. The second-order valence-electron chi connectivity index (χ2n) is 4.36. The quantitative estimate of drug-likeness (QED) is 0.871. The summed E-state index contributed by atoms with van der Waals surface area (Å²) in [7, 11) is 0. The third kappa shape index (κ3) is 2.71. The first-order chi connectivity index (χ1) is 8.56. The lowest BCUT2D eigenvalue weighted by atomic mass is 10.1. The highest BCUT2D eigenvalue weighted by atomic mass is 16.5. The fraction of sp³-hybridized carbons (Fsp3) is 0.214. The zero-order valence-corrected chi connectivity index (χ0v) is 10.4. The normalized spacial score (nSPS) is 10.6. The predicted molar refractivity (Wildman–Crippen MR) is 72.7 cm³/mol. The van der Waals surface area contributed by atoms with Gasteiger partial charge in [-0.05, 0) is 37.6 Å². The molecule has 0 aliphatic heterocycles. The summed E-state index contributed by atoms with van der Waals surface area (Å²) in [6.45, 7) is 3.97. The number of nitrogens with two attached hydrogens (primary N) is 1. The van der Waals surface area contributed by atoms with Crippen LogP contribution in [0.4, 0.5) is 5.69 Å². The van der Waals surface area contributed by atoms with Crippen LogP contribution in [0.25, 0.3) is 11.1 Å². The molecule has 0 saturated heterocycles. The molecule has 94 valence electrons. The number of H-pyrrole nitrogens is 1. The van der Waals surface area contributed by atoms with Gasteiger partial charge in [0, 0.05) is 11.8 Å². The van der Waals surface area contributed by atoms with E-state index in [1.165, 1.54) is 0 Å². The maximum atomic E-state index is 11.2. The van der Waals surface area contributed by atoms with Crippen LogP contribution < -0.4 is 16.0 Å². The van der Waals surface area contributed by atoms with Gasteiger partial charge >= 0.3 is 0 Å². The second kappa shape index (κ2) is 4.96. The number of hydrogen-bond donors (Lipinski definition) is 2. The molecule has 1 heterocycles. The minimum absolute atomic E-state index is 0.152. The molecule has 1 aromatic carbocycles. The van der Waals surface area contributed by atoms with Crippen LogP contribution in [0.5, 0.6) is 5.75 Å². The number of benzene rings is 1. The smallest absolute Gasteiger partial charge is 0.271 e. The number of anilines is 1. The van der Waals surface area contributed by atoms with Crippen LogP contribution in [-0.4, -0.2) is 11.1 Å². The number of nitrogen functional groups attached to an aromatic ring is 1. The Morgan fingerprint density at radius 1 is 1.17 bits per heavy atom. The van der Waals surface area contributed by atoms with Gasteiger partial charge in [-0.2, -0.15) is 0 Å². The van der Waals surface area contributed by atoms with Crippen molar-refractivity contribution in [1.29, 1.82) is 0 Å². The first-order valence-electron chi connectivity index (χ1n) is 5.81. The van der Waals surface area contributed by atoms with Crippen molar-refractivity contribution in [1.82, 2.24) is 4.98 Å². The average molecular weight is 244 g/mol. The number of aromatic nitrogens is 1. The van der Waals surface area contributed by atoms with Crippen LogP contribution in [0.3, 0.4) is 0 Å². The third-order valence-electron chi connectivity index (χ3n) is 2.49. The Labute approximate surface area is 105 Å². The van der Waals surface area contributed by atoms with Gasteiger partial charge in [0.2, 0.25) is 0 Å². The average Bonchev–Trinajstić information content (AvgIpc) is 2.33. The molecule has 0 atom stereocenters. The van der Waals surface area contributed by atoms with Crippen molar-refractivity contribution in [2.24, 2.45) is 0 Å². The largest absolute Gasteiger partial charge is 0.491 e. The summed E-state index contributed by atoms with van der Waals surface area (Å²) in [6.07, 6.45) is 1.80. The molecule has 18 heavy (non-hydrogen) atoms. The van der Waals surface area contributed by atoms with Crippen LogP contribution in [0, 0.1) is 0 Å². The monoisotopic (exact) mass is 244 g/mol. The summed E-state index contributed by atoms with van der Waals surface area (Å²) in [6, 6.07) is 9.33. The maximum absolute atomic E-state index is 11.2. The highest BCUT2D eigenvalue weighted by molar-refractivity contribution is 5.66. The van der Waals surface area contributed by atoms with Crippen molar-refractivity contribution in [3.63, 3.8) is 0 Å². The Bertz CT molecular complexity index is 585. The van der Waals surface area contributed by atoms with E-state index in [-0.39, 0.29) is 17.4 Å². The van der Waals surface area contributed by atoms with E-state index in [9.17, 15) is 4.79 Å². The topological polar surface area (TPSA) is 68.1 Å². The van der Waals surface area contributed by atoms with Crippen LogP contribution >= 0.6 is 0 Å². The van der Waals surface area contributed by atoms with E-state index in [1.54, 1.807) is 12.3 Å². The van der Waals surface area contributed by atoms with Gasteiger partial charge in [-0.3, -0.25) is 4.79 Å². The molecule has 0 fully saturated rings. The number of rotatable bonds is 3. The lowest BCUT2D eigenvalue weighted by Gasteiger charge is -2.10. The summed E-state index contributed by atoms with van der Waals surface area (Å²) in [5.41, 5.74) is 7.40. The van der Waals surface area contributed by atoms with E-state index in [4.69, 9.17) is 10.5 Å². The first-order valence-corrected chi connectivity index (χ1v) is 5.81. The number of pyridine rings is 1. The minimum atomic E-state index is -0.265. The fourth-order valence-electron chi connectivity index (χ4n) is 1.67. The summed E-state index contributed by atoms with van der Waals surface area (Å²) < 4.78 is 5.57. The molecule has 0 radical (unpaired) electrons. The van der Waals surface area contributed by atoms with E-state index in [2.05, 4.69) is 4.98 Å². The zero-order valence-electron chi connectivity index (χ0n) is 10.4. The summed E-state index contributed by atoms with van der Waals surface area (Å²) in [5, 5.41) is 0. The van der Waals surface area contributed by atoms with E-state index in [0.717, 1.165) is 16.9 Å². The van der Waals surface area contributed by atoms with E-state index in [1.807, 2.05) is 38.1 Å². The van der Waals surface area contributed by atoms with Crippen LogP contribution in [-0.2, 0) is 0 Å². The Morgan fingerprint density at radius 2 is 1.83 bits per heavy atom. The molecule has 0 amide bonds. The molecule has 3 N–H and O–H groups in total. The van der Waals surface area contributed by atoms with Crippen molar-refractivity contribution >= 4 is 5.69 Å². The van der Waals surface area contributed by atoms with Crippen molar-refractivity contribution in [2.75, 3.05) is 5.73 Å². The Hall–Kier alpha value is -2.23. The van der Waals surface area contributed by atoms with Gasteiger partial charge in [0.15, 0.2) is 0 Å². The highest BCUT2D eigenvalue weighted by Gasteiger charge is 2.02. The molecular formula is C14H16N2O2. The van der Waals surface area contributed by atoms with Crippen molar-refractivity contribution < 1.29 is 4.74 Å². The molecule has 0 aliphatic rings. The van der Waals surface area contributed by atoms with E-state index < -0.39 is 0 Å². The van der Waals surface area contributed by atoms with Crippen LogP contribution in [0.15, 0.2) is 41.3 Å². The van der Waals surface area contributed by atoms with E-state index >= 15 is 0 Å². The van der Waals surface area contributed by atoms with Crippen molar-refractivity contribution in [3.05, 3.63) is 46.9 Å². The van der Waals surface area contributed by atoms with Crippen LogP contribution in [0.2, 0.25) is 0 Å². The lowest BCUT2D eigenvalue weighted by molar-refractivity contribution is 0.242. The number of ether oxygens (including phenoxy) is 1. The molecule has 0 spiro atoms. The van der Waals surface area contributed by atoms with Gasteiger partial charge in [-0.15, -0.1) is 0 Å². The number of aromatic amines is 1. The third-order valence-corrected chi connectivity index (χ3v) is 2.49. The van der Waals surface area contributed by atoms with Gasteiger partial charge in [0.1, 0.15) is 5.75 Å². The summed E-state index contributed by atoms with van der Waals surface area (Å²) >= 11 is 0. The van der Waals surface area contributed by atoms with Gasteiger partial charge in [0.25, 0.3) is 5.56 Å². The molecule has 0 unspecified atom stereocenters. The minimum Gasteiger partial charge on any atom is -0.491 e. The first kappa shape index (κ1) is 12.2. The standard InChI is InChI=1S/C14H16N2O2/c1-9(2)18-12-5-3-10(4-6-12)11-7-13(15)14(17)16-8-11/h3-9H,15H2,1-2H3,(H,16,17). The fourth-order valence-corrected chi connectivity index (χ4v) is 1.67. The molecule has 0 bridgehead atoms. The summed E-state index contributed by atoms with van der Waals surface area (Å²) in [5.74, 6) is 0.825. The van der Waals surface area contributed by atoms with Gasteiger partial charge in [-0.1, -0.05) is 12.1 Å². The Kier molecular flexibility index (Phi) is 3.37. The zero-order chi connectivity index (χ0) is 13.1.